The molecule has 27 heavy (non-hydrogen) atoms. The first-order valence-corrected chi connectivity index (χ1v) is 11.5. The molecule has 0 aromatic carbocycles. The molecule has 6 atom stereocenters. The SMILES string of the molecule is CC(OC1CCCCC1)OC1C2C=CC(C2)C1OC(C)OC1CCCCC1. The molecule has 0 saturated heterocycles. The third kappa shape index (κ3) is 5.14. The smallest absolute Gasteiger partial charge is 0.155 e. The lowest BCUT2D eigenvalue weighted by molar-refractivity contribution is -0.248. The fourth-order valence-corrected chi connectivity index (χ4v) is 5.54. The Morgan fingerprint density at radius 1 is 0.593 bits per heavy atom. The summed E-state index contributed by atoms with van der Waals surface area (Å²) in [6, 6.07) is 0. The van der Waals surface area contributed by atoms with Gasteiger partial charge in [-0.05, 0) is 46.0 Å². The molecule has 3 saturated carbocycles. The van der Waals surface area contributed by atoms with Gasteiger partial charge in [0.05, 0.1) is 24.4 Å². The highest BCUT2D eigenvalue weighted by Gasteiger charge is 2.47. The number of fused-ring (bicyclic) bond motifs is 2. The van der Waals surface area contributed by atoms with Crippen molar-refractivity contribution in [2.45, 2.75) is 121 Å². The summed E-state index contributed by atoms with van der Waals surface area (Å²) in [4.78, 5) is 0. The Hall–Kier alpha value is -0.420. The molecular weight excluding hydrogens is 340 g/mol. The van der Waals surface area contributed by atoms with Crippen LogP contribution in [-0.2, 0) is 18.9 Å². The molecule has 0 aromatic heterocycles. The van der Waals surface area contributed by atoms with Gasteiger partial charge in [-0.2, -0.15) is 0 Å². The Morgan fingerprint density at radius 3 is 1.41 bits per heavy atom. The average Bonchev–Trinajstić information content (AvgIpc) is 3.26. The Bertz CT molecular complexity index is 439. The molecular formula is C23H38O4. The maximum Gasteiger partial charge on any atom is 0.155 e. The summed E-state index contributed by atoms with van der Waals surface area (Å²) in [5.74, 6) is 0.915. The van der Waals surface area contributed by atoms with Gasteiger partial charge in [-0.1, -0.05) is 50.7 Å². The molecule has 4 heteroatoms. The summed E-state index contributed by atoms with van der Waals surface area (Å²) in [6.07, 6.45) is 18.9. The van der Waals surface area contributed by atoms with Gasteiger partial charge in [-0.3, -0.25) is 0 Å². The summed E-state index contributed by atoms with van der Waals surface area (Å²) in [5, 5.41) is 0. The number of rotatable bonds is 8. The molecule has 0 spiro atoms. The summed E-state index contributed by atoms with van der Waals surface area (Å²) in [7, 11) is 0. The molecule has 6 unspecified atom stereocenters. The first-order chi connectivity index (χ1) is 13.2. The first-order valence-electron chi connectivity index (χ1n) is 11.5. The van der Waals surface area contributed by atoms with E-state index >= 15 is 0 Å². The summed E-state index contributed by atoms with van der Waals surface area (Å²) in [6.45, 7) is 4.12. The summed E-state index contributed by atoms with van der Waals surface area (Å²) in [5.41, 5.74) is 0. The average molecular weight is 379 g/mol. The van der Waals surface area contributed by atoms with Crippen LogP contribution in [0.15, 0.2) is 12.2 Å². The van der Waals surface area contributed by atoms with Gasteiger partial charge in [0, 0.05) is 11.8 Å². The fourth-order valence-electron chi connectivity index (χ4n) is 5.54. The highest BCUT2D eigenvalue weighted by molar-refractivity contribution is 5.16. The molecule has 4 rings (SSSR count). The lowest BCUT2D eigenvalue weighted by atomic mass is 9.98. The molecule has 0 aromatic rings. The lowest BCUT2D eigenvalue weighted by Gasteiger charge is -2.35. The van der Waals surface area contributed by atoms with Crippen LogP contribution < -0.4 is 0 Å². The zero-order chi connectivity index (χ0) is 18.6. The fraction of sp³-hybridized carbons (Fsp3) is 0.913. The zero-order valence-electron chi connectivity index (χ0n) is 17.2. The van der Waals surface area contributed by atoms with Crippen molar-refractivity contribution in [1.29, 1.82) is 0 Å². The van der Waals surface area contributed by atoms with E-state index in [1.54, 1.807) is 0 Å². The van der Waals surface area contributed by atoms with E-state index in [9.17, 15) is 0 Å². The van der Waals surface area contributed by atoms with Crippen molar-refractivity contribution in [3.8, 4) is 0 Å². The van der Waals surface area contributed by atoms with E-state index in [1.165, 1.54) is 64.2 Å². The second-order valence-corrected chi connectivity index (χ2v) is 9.08. The number of hydrogen-bond donors (Lipinski definition) is 0. The van der Waals surface area contributed by atoms with Crippen LogP contribution in [0.5, 0.6) is 0 Å². The minimum atomic E-state index is -0.161. The van der Waals surface area contributed by atoms with Crippen LogP contribution in [0.3, 0.4) is 0 Å². The molecule has 3 fully saturated rings. The van der Waals surface area contributed by atoms with Crippen LogP contribution in [0.2, 0.25) is 0 Å². The van der Waals surface area contributed by atoms with E-state index in [0.29, 0.717) is 24.0 Å². The molecule has 0 amide bonds. The molecule has 4 nitrogen and oxygen atoms in total. The van der Waals surface area contributed by atoms with Crippen molar-refractivity contribution >= 4 is 0 Å². The van der Waals surface area contributed by atoms with Gasteiger partial charge < -0.3 is 18.9 Å². The molecule has 4 aliphatic rings. The van der Waals surface area contributed by atoms with Gasteiger partial charge in [0.2, 0.25) is 0 Å². The van der Waals surface area contributed by atoms with E-state index < -0.39 is 0 Å². The standard InChI is InChI=1S/C23H38O4/c1-16(24-20-9-5-3-6-10-20)26-22-18-13-14-19(15-18)23(22)27-17(2)25-21-11-7-4-8-12-21/h13-14,16-23H,3-12,15H2,1-2H3. The number of ether oxygens (including phenoxy) is 4. The first kappa shape index (κ1) is 19.9. The van der Waals surface area contributed by atoms with Crippen LogP contribution in [0.4, 0.5) is 0 Å². The third-order valence-corrected chi connectivity index (χ3v) is 6.89. The van der Waals surface area contributed by atoms with E-state index in [1.807, 2.05) is 0 Å². The van der Waals surface area contributed by atoms with Gasteiger partial charge in [0.1, 0.15) is 0 Å². The van der Waals surface area contributed by atoms with E-state index in [0.717, 1.165) is 6.42 Å². The second-order valence-electron chi connectivity index (χ2n) is 9.08. The van der Waals surface area contributed by atoms with Crippen molar-refractivity contribution in [2.24, 2.45) is 11.8 Å². The summed E-state index contributed by atoms with van der Waals surface area (Å²) >= 11 is 0. The quantitative estimate of drug-likeness (QED) is 0.421. The number of hydrogen-bond acceptors (Lipinski definition) is 4. The van der Waals surface area contributed by atoms with Gasteiger partial charge in [-0.15, -0.1) is 0 Å². The van der Waals surface area contributed by atoms with Gasteiger partial charge in [0.25, 0.3) is 0 Å². The summed E-state index contributed by atoms with van der Waals surface area (Å²) < 4.78 is 25.2. The van der Waals surface area contributed by atoms with E-state index in [2.05, 4.69) is 26.0 Å². The second kappa shape index (κ2) is 9.39. The predicted octanol–water partition coefficient (Wildman–Crippen LogP) is 5.35. The van der Waals surface area contributed by atoms with Crippen LogP contribution in [0.25, 0.3) is 0 Å². The molecule has 0 aliphatic heterocycles. The predicted molar refractivity (Wildman–Crippen MR) is 105 cm³/mol. The van der Waals surface area contributed by atoms with Crippen LogP contribution >= 0.6 is 0 Å². The highest BCUT2D eigenvalue weighted by atomic mass is 16.7. The Morgan fingerprint density at radius 2 is 1.00 bits per heavy atom. The van der Waals surface area contributed by atoms with Crippen molar-refractivity contribution in [3.05, 3.63) is 12.2 Å². The van der Waals surface area contributed by atoms with Crippen LogP contribution in [-0.4, -0.2) is 37.0 Å². The minimum absolute atomic E-state index is 0.0935. The maximum absolute atomic E-state index is 6.40. The van der Waals surface area contributed by atoms with E-state index in [4.69, 9.17) is 18.9 Å². The van der Waals surface area contributed by atoms with Crippen molar-refractivity contribution in [2.75, 3.05) is 0 Å². The highest BCUT2D eigenvalue weighted by Crippen LogP contribution is 2.44. The van der Waals surface area contributed by atoms with Gasteiger partial charge in [-0.25, -0.2) is 0 Å². The largest absolute Gasteiger partial charge is 0.350 e. The topological polar surface area (TPSA) is 36.9 Å². The minimum Gasteiger partial charge on any atom is -0.350 e. The van der Waals surface area contributed by atoms with Gasteiger partial charge >= 0.3 is 0 Å². The normalized spacial score (nSPS) is 37.0. The molecule has 2 bridgehead atoms. The Labute approximate surface area is 165 Å². The third-order valence-electron chi connectivity index (χ3n) is 6.89. The van der Waals surface area contributed by atoms with Crippen LogP contribution in [0, 0.1) is 11.8 Å². The van der Waals surface area contributed by atoms with Crippen molar-refractivity contribution < 1.29 is 18.9 Å². The zero-order valence-corrected chi connectivity index (χ0v) is 17.2. The maximum atomic E-state index is 6.40. The lowest BCUT2D eigenvalue weighted by Crippen LogP contribution is -2.41. The van der Waals surface area contributed by atoms with Gasteiger partial charge in [0.15, 0.2) is 12.6 Å². The molecule has 0 N–H and O–H groups in total. The molecule has 0 radical (unpaired) electrons. The van der Waals surface area contributed by atoms with Crippen LogP contribution in [0.1, 0.15) is 84.5 Å². The monoisotopic (exact) mass is 378 g/mol. The Balaban J connectivity index is 1.28. The van der Waals surface area contributed by atoms with Crippen molar-refractivity contribution in [3.63, 3.8) is 0 Å². The van der Waals surface area contributed by atoms with E-state index in [-0.39, 0.29) is 24.8 Å². The Kier molecular flexibility index (Phi) is 6.91. The molecule has 0 heterocycles. The molecule has 154 valence electrons. The molecule has 4 aliphatic carbocycles. The van der Waals surface area contributed by atoms with Crippen molar-refractivity contribution in [1.82, 2.24) is 0 Å².